The standard InChI is InChI=1S/C19H32O7/c1-16(2)22-10-12(24-16)13-19(21,11-18(20)8-6-5-7-9-18)14-15(23-13)26-17(3,4)25-14/h12-15,20-21H,5-11H2,1-4H3/t12-,13-,14+,15-,19+/m1/s1. The fraction of sp³-hybridized carbons (Fsp3) is 1.00. The smallest absolute Gasteiger partial charge is 0.190 e. The summed E-state index contributed by atoms with van der Waals surface area (Å²) in [7, 11) is 0. The molecule has 0 aromatic heterocycles. The minimum absolute atomic E-state index is 0.186. The average Bonchev–Trinajstić information content (AvgIpc) is 3.10. The number of aliphatic hydroxyl groups is 2. The van der Waals surface area contributed by atoms with E-state index in [1.54, 1.807) is 13.8 Å². The molecule has 7 nitrogen and oxygen atoms in total. The monoisotopic (exact) mass is 372 g/mol. The molecule has 0 aromatic carbocycles. The second-order valence-corrected chi connectivity index (χ2v) is 9.30. The molecule has 4 fully saturated rings. The molecule has 0 bridgehead atoms. The summed E-state index contributed by atoms with van der Waals surface area (Å²) in [6, 6.07) is 0. The van der Waals surface area contributed by atoms with Crippen LogP contribution >= 0.6 is 0 Å². The highest BCUT2D eigenvalue weighted by Crippen LogP contribution is 2.50. The molecule has 4 rings (SSSR count). The predicted octanol–water partition coefficient (Wildman–Crippen LogP) is 1.83. The van der Waals surface area contributed by atoms with Crippen LogP contribution in [0.2, 0.25) is 0 Å². The zero-order valence-corrected chi connectivity index (χ0v) is 16.2. The van der Waals surface area contributed by atoms with E-state index in [9.17, 15) is 10.2 Å². The van der Waals surface area contributed by atoms with Crippen molar-refractivity contribution in [1.82, 2.24) is 0 Å². The molecule has 1 saturated carbocycles. The van der Waals surface area contributed by atoms with E-state index in [0.717, 1.165) is 19.3 Å². The van der Waals surface area contributed by atoms with E-state index in [0.29, 0.717) is 19.4 Å². The van der Waals surface area contributed by atoms with Crippen molar-refractivity contribution < 1.29 is 33.9 Å². The molecule has 150 valence electrons. The van der Waals surface area contributed by atoms with E-state index in [4.69, 9.17) is 23.7 Å². The van der Waals surface area contributed by atoms with Crippen molar-refractivity contribution in [3.8, 4) is 0 Å². The summed E-state index contributed by atoms with van der Waals surface area (Å²) >= 11 is 0. The largest absolute Gasteiger partial charge is 0.390 e. The van der Waals surface area contributed by atoms with Crippen LogP contribution < -0.4 is 0 Å². The predicted molar refractivity (Wildman–Crippen MR) is 91.2 cm³/mol. The Morgan fingerprint density at radius 2 is 1.54 bits per heavy atom. The quantitative estimate of drug-likeness (QED) is 0.781. The Bertz CT molecular complexity index is 542. The van der Waals surface area contributed by atoms with E-state index in [2.05, 4.69) is 0 Å². The zero-order chi connectivity index (χ0) is 18.8. The summed E-state index contributed by atoms with van der Waals surface area (Å²) < 4.78 is 29.6. The van der Waals surface area contributed by atoms with Crippen LogP contribution in [-0.2, 0) is 23.7 Å². The molecular formula is C19H32O7. The van der Waals surface area contributed by atoms with Crippen molar-refractivity contribution in [2.45, 2.75) is 114 Å². The van der Waals surface area contributed by atoms with Crippen molar-refractivity contribution in [1.29, 1.82) is 0 Å². The highest BCUT2D eigenvalue weighted by atomic mass is 16.8. The van der Waals surface area contributed by atoms with E-state index < -0.39 is 47.4 Å². The number of hydrogen-bond donors (Lipinski definition) is 2. The van der Waals surface area contributed by atoms with Crippen molar-refractivity contribution >= 4 is 0 Å². The van der Waals surface area contributed by atoms with Gasteiger partial charge in [-0.15, -0.1) is 0 Å². The first-order chi connectivity index (χ1) is 12.0. The van der Waals surface area contributed by atoms with Crippen LogP contribution in [-0.4, -0.2) is 64.2 Å². The number of rotatable bonds is 3. The lowest BCUT2D eigenvalue weighted by Crippen LogP contribution is -2.58. The van der Waals surface area contributed by atoms with Gasteiger partial charge in [0.1, 0.15) is 23.9 Å². The Morgan fingerprint density at radius 3 is 2.15 bits per heavy atom. The summed E-state index contributed by atoms with van der Waals surface area (Å²) in [4.78, 5) is 0. The lowest BCUT2D eigenvalue weighted by atomic mass is 9.73. The van der Waals surface area contributed by atoms with Gasteiger partial charge in [-0.1, -0.05) is 19.3 Å². The van der Waals surface area contributed by atoms with Crippen LogP contribution in [0.25, 0.3) is 0 Å². The van der Waals surface area contributed by atoms with Gasteiger partial charge in [-0.05, 0) is 40.5 Å². The highest BCUT2D eigenvalue weighted by molar-refractivity contribution is 5.11. The lowest BCUT2D eigenvalue weighted by molar-refractivity contribution is -0.255. The van der Waals surface area contributed by atoms with Gasteiger partial charge in [-0.3, -0.25) is 0 Å². The molecule has 0 amide bonds. The topological polar surface area (TPSA) is 86.6 Å². The normalized spacial score (nSPS) is 46.4. The second kappa shape index (κ2) is 6.11. The summed E-state index contributed by atoms with van der Waals surface area (Å²) in [5.74, 6) is -1.56. The summed E-state index contributed by atoms with van der Waals surface area (Å²) in [5, 5.41) is 22.9. The van der Waals surface area contributed by atoms with Gasteiger partial charge < -0.3 is 33.9 Å². The maximum atomic E-state index is 11.8. The first kappa shape index (κ1) is 19.1. The van der Waals surface area contributed by atoms with Crippen LogP contribution in [0, 0.1) is 0 Å². The van der Waals surface area contributed by atoms with E-state index in [1.807, 2.05) is 13.8 Å². The fourth-order valence-electron chi connectivity index (χ4n) is 4.98. The second-order valence-electron chi connectivity index (χ2n) is 9.30. The molecule has 0 unspecified atom stereocenters. The first-order valence-electron chi connectivity index (χ1n) is 9.80. The maximum absolute atomic E-state index is 11.8. The Labute approximate surface area is 154 Å². The number of fused-ring (bicyclic) bond motifs is 1. The third-order valence-electron chi connectivity index (χ3n) is 6.09. The molecular weight excluding hydrogens is 340 g/mol. The van der Waals surface area contributed by atoms with Gasteiger partial charge in [-0.2, -0.15) is 0 Å². The van der Waals surface area contributed by atoms with Gasteiger partial charge in [0, 0.05) is 6.42 Å². The van der Waals surface area contributed by atoms with Gasteiger partial charge in [0.25, 0.3) is 0 Å². The average molecular weight is 372 g/mol. The first-order valence-corrected chi connectivity index (χ1v) is 9.80. The van der Waals surface area contributed by atoms with Gasteiger partial charge in [0.05, 0.1) is 12.2 Å². The molecule has 26 heavy (non-hydrogen) atoms. The van der Waals surface area contributed by atoms with Crippen LogP contribution in [0.1, 0.15) is 66.2 Å². The third kappa shape index (κ3) is 3.32. The van der Waals surface area contributed by atoms with Gasteiger partial charge in [0.2, 0.25) is 0 Å². The molecule has 3 saturated heterocycles. The van der Waals surface area contributed by atoms with Gasteiger partial charge >= 0.3 is 0 Å². The maximum Gasteiger partial charge on any atom is 0.190 e. The zero-order valence-electron chi connectivity index (χ0n) is 16.2. The van der Waals surface area contributed by atoms with Gasteiger partial charge in [-0.25, -0.2) is 0 Å². The minimum Gasteiger partial charge on any atom is -0.390 e. The minimum atomic E-state index is -1.40. The van der Waals surface area contributed by atoms with Crippen LogP contribution in [0.3, 0.4) is 0 Å². The molecule has 5 atom stereocenters. The lowest BCUT2D eigenvalue weighted by Gasteiger charge is -2.42. The Hall–Kier alpha value is -0.280. The Kier molecular flexibility index (Phi) is 4.48. The molecule has 3 aliphatic heterocycles. The fourth-order valence-corrected chi connectivity index (χ4v) is 4.98. The van der Waals surface area contributed by atoms with Crippen LogP contribution in [0.5, 0.6) is 0 Å². The van der Waals surface area contributed by atoms with Gasteiger partial charge in [0.15, 0.2) is 17.9 Å². The molecule has 7 heteroatoms. The third-order valence-corrected chi connectivity index (χ3v) is 6.09. The molecule has 2 N–H and O–H groups in total. The van der Waals surface area contributed by atoms with Crippen molar-refractivity contribution in [2.24, 2.45) is 0 Å². The number of hydrogen-bond acceptors (Lipinski definition) is 7. The Morgan fingerprint density at radius 1 is 0.846 bits per heavy atom. The van der Waals surface area contributed by atoms with Crippen LogP contribution in [0.4, 0.5) is 0 Å². The molecule has 0 spiro atoms. The highest BCUT2D eigenvalue weighted by Gasteiger charge is 2.67. The van der Waals surface area contributed by atoms with Crippen molar-refractivity contribution in [2.75, 3.05) is 6.61 Å². The van der Waals surface area contributed by atoms with Crippen molar-refractivity contribution in [3.05, 3.63) is 0 Å². The molecule has 3 heterocycles. The van der Waals surface area contributed by atoms with E-state index >= 15 is 0 Å². The number of ether oxygens (including phenoxy) is 5. The summed E-state index contributed by atoms with van der Waals surface area (Å²) in [5.41, 5.74) is -2.33. The molecule has 1 aliphatic carbocycles. The molecule has 0 radical (unpaired) electrons. The summed E-state index contributed by atoms with van der Waals surface area (Å²) in [6.07, 6.45) is 2.12. The molecule has 0 aromatic rings. The molecule has 4 aliphatic rings. The van der Waals surface area contributed by atoms with Crippen LogP contribution in [0.15, 0.2) is 0 Å². The summed E-state index contributed by atoms with van der Waals surface area (Å²) in [6.45, 7) is 7.61. The van der Waals surface area contributed by atoms with E-state index in [-0.39, 0.29) is 6.42 Å². The Balaban J connectivity index is 1.61. The SMILES string of the molecule is CC1(C)OC[C@H]([C@H]2O[C@@H]3OC(C)(C)O[C@@H]3[C@]2(O)CC2(O)CCCCC2)O1. The van der Waals surface area contributed by atoms with Crippen molar-refractivity contribution in [3.63, 3.8) is 0 Å². The van der Waals surface area contributed by atoms with E-state index in [1.165, 1.54) is 0 Å².